The van der Waals surface area contributed by atoms with Gasteiger partial charge in [0.25, 0.3) is 0 Å². The van der Waals surface area contributed by atoms with Crippen LogP contribution in [0.25, 0.3) is 5.69 Å². The molecular formula is C16H20N6O. The van der Waals surface area contributed by atoms with Crippen LogP contribution in [0.3, 0.4) is 0 Å². The number of carbonyl (C=O) groups excluding carboxylic acids is 1. The lowest BCUT2D eigenvalue weighted by atomic mass is 10.1. The summed E-state index contributed by atoms with van der Waals surface area (Å²) < 4.78 is 1.60. The molecule has 0 spiro atoms. The second kappa shape index (κ2) is 6.08. The Morgan fingerprint density at radius 3 is 2.78 bits per heavy atom. The molecule has 2 fully saturated rings. The highest BCUT2D eigenvalue weighted by atomic mass is 16.2. The molecule has 0 saturated carbocycles. The molecular weight excluding hydrogens is 292 g/mol. The fraction of sp³-hybridized carbons (Fsp3) is 0.500. The maximum Gasteiger partial charge on any atom is 0.227 e. The van der Waals surface area contributed by atoms with E-state index in [2.05, 4.69) is 25.7 Å². The standard InChI is InChI=1S/C16H20N6O/c23-16(22-14-5-6-15(22)10-17-8-7-14)9-12-1-3-13(4-2-12)21-11-18-19-20-21/h1-4,11,14-15,17H,5-10H2. The Kier molecular flexibility index (Phi) is 3.78. The van der Waals surface area contributed by atoms with E-state index in [0.717, 1.165) is 43.6 Å². The van der Waals surface area contributed by atoms with E-state index in [1.165, 1.54) is 0 Å². The lowest BCUT2D eigenvalue weighted by Crippen LogP contribution is -2.43. The molecule has 2 bridgehead atoms. The Morgan fingerprint density at radius 2 is 2.00 bits per heavy atom. The van der Waals surface area contributed by atoms with E-state index in [1.54, 1.807) is 11.0 Å². The molecule has 2 saturated heterocycles. The first kappa shape index (κ1) is 14.3. The summed E-state index contributed by atoms with van der Waals surface area (Å²) >= 11 is 0. The van der Waals surface area contributed by atoms with Crippen LogP contribution in [0.5, 0.6) is 0 Å². The molecule has 2 aromatic rings. The van der Waals surface area contributed by atoms with Crippen LogP contribution in [0.1, 0.15) is 24.8 Å². The van der Waals surface area contributed by atoms with Crippen molar-refractivity contribution in [3.8, 4) is 5.69 Å². The predicted octanol–water partition coefficient (Wildman–Crippen LogP) is 0.558. The number of rotatable bonds is 3. The highest BCUT2D eigenvalue weighted by Gasteiger charge is 2.37. The second-order valence-electron chi connectivity index (χ2n) is 6.28. The van der Waals surface area contributed by atoms with Crippen LogP contribution in [-0.2, 0) is 11.2 Å². The number of fused-ring (bicyclic) bond motifs is 2. The second-order valence-corrected chi connectivity index (χ2v) is 6.28. The highest BCUT2D eigenvalue weighted by molar-refractivity contribution is 5.80. The average molecular weight is 312 g/mol. The zero-order valence-electron chi connectivity index (χ0n) is 12.9. The quantitative estimate of drug-likeness (QED) is 0.896. The SMILES string of the molecule is O=C(Cc1ccc(-n2cnnn2)cc1)N1C2CCNCC1CC2. The summed E-state index contributed by atoms with van der Waals surface area (Å²) in [6.45, 7) is 1.95. The number of nitrogens with zero attached hydrogens (tertiary/aromatic N) is 5. The first-order chi connectivity index (χ1) is 11.3. The van der Waals surface area contributed by atoms with Crippen molar-refractivity contribution in [3.63, 3.8) is 0 Å². The van der Waals surface area contributed by atoms with E-state index >= 15 is 0 Å². The average Bonchev–Trinajstić information content (AvgIpc) is 3.15. The van der Waals surface area contributed by atoms with Crippen LogP contribution < -0.4 is 5.32 Å². The van der Waals surface area contributed by atoms with Gasteiger partial charge in [0, 0.05) is 18.6 Å². The summed E-state index contributed by atoms with van der Waals surface area (Å²) in [5.41, 5.74) is 1.92. The molecule has 7 nitrogen and oxygen atoms in total. The number of hydrogen-bond donors (Lipinski definition) is 1. The van der Waals surface area contributed by atoms with Crippen LogP contribution in [-0.4, -0.2) is 56.2 Å². The summed E-state index contributed by atoms with van der Waals surface area (Å²) in [5, 5.41) is 14.6. The first-order valence-electron chi connectivity index (χ1n) is 8.15. The Balaban J connectivity index is 1.46. The van der Waals surface area contributed by atoms with Gasteiger partial charge >= 0.3 is 0 Å². The van der Waals surface area contributed by atoms with Gasteiger partial charge in [0.2, 0.25) is 5.91 Å². The minimum Gasteiger partial charge on any atom is -0.335 e. The van der Waals surface area contributed by atoms with Gasteiger partial charge in [-0.1, -0.05) is 12.1 Å². The van der Waals surface area contributed by atoms with E-state index < -0.39 is 0 Å². The zero-order valence-corrected chi connectivity index (χ0v) is 12.9. The third kappa shape index (κ3) is 2.84. The van der Waals surface area contributed by atoms with Gasteiger partial charge in [-0.3, -0.25) is 4.79 Å². The number of carbonyl (C=O) groups is 1. The van der Waals surface area contributed by atoms with Gasteiger partial charge in [-0.2, -0.15) is 0 Å². The Labute approximate surface area is 134 Å². The lowest BCUT2D eigenvalue weighted by molar-refractivity contribution is -0.133. The van der Waals surface area contributed by atoms with Gasteiger partial charge < -0.3 is 10.2 Å². The zero-order chi connectivity index (χ0) is 15.6. The van der Waals surface area contributed by atoms with Crippen molar-refractivity contribution in [1.29, 1.82) is 0 Å². The van der Waals surface area contributed by atoms with E-state index in [4.69, 9.17) is 0 Å². The Bertz CT molecular complexity index is 654. The summed E-state index contributed by atoms with van der Waals surface area (Å²) in [5.74, 6) is 0.247. The molecule has 2 atom stereocenters. The van der Waals surface area contributed by atoms with Gasteiger partial charge in [-0.05, 0) is 53.9 Å². The summed E-state index contributed by atoms with van der Waals surface area (Å²) in [6, 6.07) is 8.63. The monoisotopic (exact) mass is 312 g/mol. The fourth-order valence-electron chi connectivity index (χ4n) is 3.70. The molecule has 4 rings (SSSR count). The molecule has 1 amide bonds. The van der Waals surface area contributed by atoms with Gasteiger partial charge in [0.05, 0.1) is 12.1 Å². The van der Waals surface area contributed by atoms with E-state index in [1.807, 2.05) is 24.3 Å². The minimum absolute atomic E-state index is 0.247. The maximum absolute atomic E-state index is 12.8. The van der Waals surface area contributed by atoms with Crippen LogP contribution in [0.15, 0.2) is 30.6 Å². The van der Waals surface area contributed by atoms with Gasteiger partial charge in [-0.25, -0.2) is 4.68 Å². The third-order valence-corrected chi connectivity index (χ3v) is 4.85. The van der Waals surface area contributed by atoms with E-state index in [9.17, 15) is 4.79 Å². The van der Waals surface area contributed by atoms with Crippen molar-refractivity contribution in [2.75, 3.05) is 13.1 Å². The normalized spacial score (nSPS) is 23.7. The molecule has 23 heavy (non-hydrogen) atoms. The molecule has 120 valence electrons. The Hall–Kier alpha value is -2.28. The molecule has 0 radical (unpaired) electrons. The highest BCUT2D eigenvalue weighted by Crippen LogP contribution is 2.28. The molecule has 3 heterocycles. The summed E-state index contributed by atoms with van der Waals surface area (Å²) in [7, 11) is 0. The van der Waals surface area contributed by atoms with Crippen molar-refractivity contribution in [3.05, 3.63) is 36.2 Å². The summed E-state index contributed by atoms with van der Waals surface area (Å²) in [4.78, 5) is 14.9. The number of nitrogens with one attached hydrogen (secondary N) is 1. The number of aromatic nitrogens is 4. The van der Waals surface area contributed by atoms with Crippen molar-refractivity contribution in [1.82, 2.24) is 30.4 Å². The van der Waals surface area contributed by atoms with Crippen LogP contribution in [0.4, 0.5) is 0 Å². The topological polar surface area (TPSA) is 75.9 Å². The van der Waals surface area contributed by atoms with Gasteiger partial charge in [0.15, 0.2) is 0 Å². The van der Waals surface area contributed by atoms with Gasteiger partial charge in [0.1, 0.15) is 6.33 Å². The van der Waals surface area contributed by atoms with Gasteiger partial charge in [-0.15, -0.1) is 5.10 Å². The first-order valence-corrected chi connectivity index (χ1v) is 8.15. The maximum atomic E-state index is 12.8. The number of tetrazole rings is 1. The molecule has 2 unspecified atom stereocenters. The van der Waals surface area contributed by atoms with Crippen molar-refractivity contribution >= 4 is 5.91 Å². The van der Waals surface area contributed by atoms with Crippen molar-refractivity contribution in [2.45, 2.75) is 37.8 Å². The van der Waals surface area contributed by atoms with Crippen LogP contribution in [0.2, 0.25) is 0 Å². The predicted molar refractivity (Wildman–Crippen MR) is 84.0 cm³/mol. The minimum atomic E-state index is 0.247. The molecule has 1 N–H and O–H groups in total. The van der Waals surface area contributed by atoms with Crippen LogP contribution in [0, 0.1) is 0 Å². The van der Waals surface area contributed by atoms with E-state index in [0.29, 0.717) is 18.5 Å². The molecule has 0 aliphatic carbocycles. The smallest absolute Gasteiger partial charge is 0.227 e. The molecule has 2 aliphatic rings. The van der Waals surface area contributed by atoms with Crippen LogP contribution >= 0.6 is 0 Å². The lowest BCUT2D eigenvalue weighted by Gasteiger charge is -2.28. The molecule has 1 aromatic carbocycles. The fourth-order valence-corrected chi connectivity index (χ4v) is 3.70. The third-order valence-electron chi connectivity index (χ3n) is 4.85. The number of benzene rings is 1. The summed E-state index contributed by atoms with van der Waals surface area (Å²) in [6.07, 6.45) is 5.36. The number of amides is 1. The van der Waals surface area contributed by atoms with Crippen molar-refractivity contribution < 1.29 is 4.79 Å². The molecule has 1 aromatic heterocycles. The largest absolute Gasteiger partial charge is 0.335 e. The number of hydrogen-bond acceptors (Lipinski definition) is 5. The Morgan fingerprint density at radius 1 is 1.17 bits per heavy atom. The molecule has 7 heteroatoms. The van der Waals surface area contributed by atoms with Crippen molar-refractivity contribution in [2.24, 2.45) is 0 Å². The van der Waals surface area contributed by atoms with E-state index in [-0.39, 0.29) is 5.91 Å². The molecule has 2 aliphatic heterocycles.